The van der Waals surface area contributed by atoms with E-state index >= 15 is 8.78 Å². The number of halogens is 7. The molecule has 20 heteroatoms. The van der Waals surface area contributed by atoms with E-state index in [1.165, 1.54) is 23.9 Å². The van der Waals surface area contributed by atoms with Gasteiger partial charge in [0.25, 0.3) is 12.3 Å². The molecule has 5 atom stereocenters. The molecule has 4 N–H and O–H groups in total. The lowest BCUT2D eigenvalue weighted by molar-refractivity contribution is -0.122. The Balaban J connectivity index is 1.42. The van der Waals surface area contributed by atoms with Gasteiger partial charge < -0.3 is 15.8 Å². The predicted molar refractivity (Wildman–Crippen MR) is 204 cm³/mol. The zero-order valence-corrected chi connectivity index (χ0v) is 33.0. The molecule has 310 valence electrons. The number of aryl methyl sites for hydroxylation is 1. The van der Waals surface area contributed by atoms with Crippen LogP contribution >= 0.6 is 11.6 Å². The third-order valence-electron chi connectivity index (χ3n) is 10.8. The summed E-state index contributed by atoms with van der Waals surface area (Å²) in [7, 11) is -2.37. The maximum atomic E-state index is 16.2. The molecular formula is C39H35ClF6N8O4S. The van der Waals surface area contributed by atoms with Crippen molar-refractivity contribution in [3.63, 3.8) is 0 Å². The monoisotopic (exact) mass is 860 g/mol. The molecule has 1 saturated carbocycles. The van der Waals surface area contributed by atoms with Gasteiger partial charge in [0.1, 0.15) is 40.4 Å². The second-order valence-corrected chi connectivity index (χ2v) is 17.4. The summed E-state index contributed by atoms with van der Waals surface area (Å²) in [6.45, 7) is 3.08. The number of morpholine rings is 1. The van der Waals surface area contributed by atoms with Crippen molar-refractivity contribution >= 4 is 44.3 Å². The SMILES string of the molecule is Cn1nc(NS(C)(=O)=O)c2c(Cl)ccc(-c3ccc(C#C[C@]4(C)CNCCO4)nc3[C@@H](Cc3cc(F)cc(F)c3)C(C(N)=O)n3nc(C(F)F)c4c3C(F)(F)[C@@H]3C[C@H]43)c21. The van der Waals surface area contributed by atoms with E-state index in [1.807, 2.05) is 0 Å². The van der Waals surface area contributed by atoms with Crippen LogP contribution in [0.3, 0.4) is 0 Å². The van der Waals surface area contributed by atoms with Gasteiger partial charge in [-0.3, -0.25) is 14.2 Å². The number of nitrogens with zero attached hydrogens (tertiary/aromatic N) is 5. The van der Waals surface area contributed by atoms with Gasteiger partial charge in [-0.1, -0.05) is 23.6 Å². The Morgan fingerprint density at radius 1 is 1.12 bits per heavy atom. The van der Waals surface area contributed by atoms with Gasteiger partial charge in [-0.25, -0.2) is 35.6 Å². The van der Waals surface area contributed by atoms with Crippen LogP contribution in [0.1, 0.15) is 71.6 Å². The highest BCUT2D eigenvalue weighted by molar-refractivity contribution is 7.92. The lowest BCUT2D eigenvalue weighted by atomic mass is 9.84. The molecule has 12 nitrogen and oxygen atoms in total. The third kappa shape index (κ3) is 7.40. The Labute approximate surface area is 338 Å². The van der Waals surface area contributed by atoms with E-state index in [0.29, 0.717) is 30.4 Å². The van der Waals surface area contributed by atoms with Crippen molar-refractivity contribution in [2.24, 2.45) is 18.7 Å². The summed E-state index contributed by atoms with van der Waals surface area (Å²) in [6, 6.07) is 6.63. The summed E-state index contributed by atoms with van der Waals surface area (Å²) >= 11 is 6.64. The zero-order chi connectivity index (χ0) is 42.3. The number of hydrogen-bond acceptors (Lipinski definition) is 8. The Bertz CT molecular complexity index is 2710. The maximum absolute atomic E-state index is 16.2. The van der Waals surface area contributed by atoms with Crippen molar-refractivity contribution in [2.45, 2.75) is 55.6 Å². The molecule has 1 saturated heterocycles. The molecule has 3 aromatic heterocycles. The van der Waals surface area contributed by atoms with Crippen LogP contribution in [0, 0.1) is 29.4 Å². The number of aromatic nitrogens is 5. The quantitative estimate of drug-likeness (QED) is 0.113. The molecule has 1 amide bonds. The molecule has 1 unspecified atom stereocenters. The fraction of sp³-hybridized carbons (Fsp3) is 0.385. The van der Waals surface area contributed by atoms with Crippen molar-refractivity contribution in [3.05, 3.63) is 93.0 Å². The molecule has 59 heavy (non-hydrogen) atoms. The van der Waals surface area contributed by atoms with Crippen molar-refractivity contribution in [1.82, 2.24) is 29.9 Å². The third-order valence-corrected chi connectivity index (χ3v) is 11.7. The van der Waals surface area contributed by atoms with E-state index in [-0.39, 0.29) is 61.8 Å². The molecule has 0 bridgehead atoms. The first-order valence-corrected chi connectivity index (χ1v) is 20.6. The van der Waals surface area contributed by atoms with E-state index < -0.39 is 87.1 Å². The van der Waals surface area contributed by atoms with Crippen molar-refractivity contribution in [3.8, 4) is 23.0 Å². The number of rotatable bonds is 10. The summed E-state index contributed by atoms with van der Waals surface area (Å²) in [5.41, 5.74) is 3.57. The summed E-state index contributed by atoms with van der Waals surface area (Å²) in [5.74, 6) is -4.84. The highest BCUT2D eigenvalue weighted by Gasteiger charge is 2.67. The molecule has 0 radical (unpaired) electrons. The summed E-state index contributed by atoms with van der Waals surface area (Å²) in [5, 5.41) is 11.7. The number of sulfonamides is 1. The number of nitrogens with two attached hydrogens (primary N) is 1. The van der Waals surface area contributed by atoms with Gasteiger partial charge in [0.05, 0.1) is 34.5 Å². The number of carbonyl (C=O) groups excluding carboxylic acids is 1. The fourth-order valence-corrected chi connectivity index (χ4v) is 9.08. The molecule has 5 aromatic rings. The fourth-order valence-electron chi connectivity index (χ4n) is 8.35. The lowest BCUT2D eigenvalue weighted by Crippen LogP contribution is -2.46. The topological polar surface area (TPSA) is 159 Å². The van der Waals surface area contributed by atoms with Gasteiger partial charge in [-0.05, 0) is 67.5 Å². The van der Waals surface area contributed by atoms with Crippen LogP contribution < -0.4 is 15.8 Å². The number of anilines is 1. The molecule has 2 aliphatic carbocycles. The van der Waals surface area contributed by atoms with Gasteiger partial charge in [0, 0.05) is 54.7 Å². The number of pyridine rings is 1. The van der Waals surface area contributed by atoms with Crippen LogP contribution in [-0.2, 0) is 38.9 Å². The van der Waals surface area contributed by atoms with Crippen LogP contribution in [0.4, 0.5) is 32.2 Å². The number of primary amides is 1. The Hall–Kier alpha value is -5.16. The Kier molecular flexibility index (Phi) is 10.0. The zero-order valence-electron chi connectivity index (χ0n) is 31.5. The molecule has 0 spiro atoms. The number of fused-ring (bicyclic) bond motifs is 4. The smallest absolute Gasteiger partial charge is 0.293 e. The number of nitrogens with one attached hydrogen (secondary N) is 2. The standard InChI is InChI=1S/C39H35ClF6N8O4S/c1-38(17-48-10-11-58-38)9-8-21-4-5-22(23-6-7-27(40)29-32(23)53(2)51-37(29)52-59(3,56)57)30(49-21)25(14-18-12-19(41)15-20(42)13-18)33(36(47)55)54-34-28(31(50-54)35(43)44)24-16-26(24)39(34,45)46/h4-7,12-13,15,24-26,33,35,48H,10-11,14,16-17H2,1-3H3,(H2,47,55)(H,51,52)/t24-,25+,26+,33?,38+/m0/s1. The normalized spacial score (nSPS) is 21.7. The van der Waals surface area contributed by atoms with Gasteiger partial charge in [-0.15, -0.1) is 0 Å². The molecule has 2 aromatic carbocycles. The minimum absolute atomic E-state index is 0.0589. The van der Waals surface area contributed by atoms with Gasteiger partial charge >= 0.3 is 0 Å². The minimum Gasteiger partial charge on any atom is -0.368 e. The predicted octanol–water partition coefficient (Wildman–Crippen LogP) is 6.06. The highest BCUT2D eigenvalue weighted by Crippen LogP contribution is 2.68. The maximum Gasteiger partial charge on any atom is 0.293 e. The number of benzene rings is 2. The lowest BCUT2D eigenvalue weighted by Gasteiger charge is -2.30. The number of ether oxygens (including phenoxy) is 1. The van der Waals surface area contributed by atoms with Crippen LogP contribution in [0.15, 0.2) is 42.5 Å². The summed E-state index contributed by atoms with van der Waals surface area (Å²) in [6.07, 6.45) is -2.94. The van der Waals surface area contributed by atoms with Crippen LogP contribution in [0.2, 0.25) is 5.02 Å². The van der Waals surface area contributed by atoms with Gasteiger partial charge in [0.2, 0.25) is 15.9 Å². The largest absolute Gasteiger partial charge is 0.368 e. The second-order valence-electron chi connectivity index (χ2n) is 15.2. The Morgan fingerprint density at radius 2 is 1.83 bits per heavy atom. The number of amides is 1. The minimum atomic E-state index is -3.87. The molecule has 8 rings (SSSR count). The summed E-state index contributed by atoms with van der Waals surface area (Å²) in [4.78, 5) is 18.7. The van der Waals surface area contributed by atoms with Gasteiger partial charge in [0.15, 0.2) is 5.82 Å². The first-order chi connectivity index (χ1) is 27.8. The van der Waals surface area contributed by atoms with E-state index in [1.54, 1.807) is 19.1 Å². The van der Waals surface area contributed by atoms with E-state index in [4.69, 9.17) is 27.1 Å². The average molecular weight is 861 g/mol. The molecule has 3 aliphatic rings. The van der Waals surface area contributed by atoms with Crippen LogP contribution in [0.25, 0.3) is 22.0 Å². The second kappa shape index (κ2) is 14.5. The van der Waals surface area contributed by atoms with E-state index in [9.17, 15) is 30.8 Å². The first-order valence-electron chi connectivity index (χ1n) is 18.3. The first kappa shape index (κ1) is 40.6. The summed E-state index contributed by atoms with van der Waals surface area (Å²) < 4.78 is 126. The molecule has 2 fully saturated rings. The number of hydrogen-bond donors (Lipinski definition) is 3. The van der Waals surface area contributed by atoms with Crippen molar-refractivity contribution < 1.29 is 44.3 Å². The number of carbonyl (C=O) groups is 1. The van der Waals surface area contributed by atoms with Crippen molar-refractivity contribution in [1.29, 1.82) is 0 Å². The van der Waals surface area contributed by atoms with Gasteiger partial charge in [-0.2, -0.15) is 19.0 Å². The van der Waals surface area contributed by atoms with E-state index in [2.05, 4.69) is 32.1 Å². The molecular weight excluding hydrogens is 826 g/mol. The van der Waals surface area contributed by atoms with Crippen LogP contribution in [0.5, 0.6) is 0 Å². The molecule has 4 heterocycles. The number of alkyl halides is 4. The van der Waals surface area contributed by atoms with Crippen LogP contribution in [-0.4, -0.2) is 70.4 Å². The molecule has 1 aliphatic heterocycles. The Morgan fingerprint density at radius 3 is 2.47 bits per heavy atom. The average Bonchev–Trinajstić information content (AvgIpc) is 3.68. The van der Waals surface area contributed by atoms with E-state index in [0.717, 1.165) is 18.4 Å². The van der Waals surface area contributed by atoms with Crippen molar-refractivity contribution in [2.75, 3.05) is 30.7 Å². The highest BCUT2D eigenvalue weighted by atomic mass is 35.5.